The predicted molar refractivity (Wildman–Crippen MR) is 120 cm³/mol. The van der Waals surface area contributed by atoms with Gasteiger partial charge in [0.1, 0.15) is 6.10 Å². The monoisotopic (exact) mass is 520 g/mol. The van der Waals surface area contributed by atoms with E-state index in [4.69, 9.17) is 29.4 Å². The van der Waals surface area contributed by atoms with Gasteiger partial charge in [0, 0.05) is 47.0 Å². The van der Waals surface area contributed by atoms with Crippen LogP contribution in [0.3, 0.4) is 0 Å². The Balaban J connectivity index is 3.33. The summed E-state index contributed by atoms with van der Waals surface area (Å²) < 4.78 is 37.2. The number of hydrogen-bond donors (Lipinski definition) is 1. The molecule has 14 heteroatoms. The molecule has 1 aliphatic heterocycles. The second kappa shape index (κ2) is 16.0. The van der Waals surface area contributed by atoms with Gasteiger partial charge in [-0.15, -0.1) is 0 Å². The number of methoxy groups -OCH3 is 2. The molecule has 1 fully saturated rings. The summed E-state index contributed by atoms with van der Waals surface area (Å²) in [6.45, 7) is 3.94. The van der Waals surface area contributed by atoms with Gasteiger partial charge >= 0.3 is 29.8 Å². The van der Waals surface area contributed by atoms with E-state index in [1.165, 1.54) is 14.2 Å². The zero-order valence-corrected chi connectivity index (χ0v) is 21.3. The van der Waals surface area contributed by atoms with E-state index in [1.807, 2.05) is 0 Å². The van der Waals surface area contributed by atoms with Crippen LogP contribution in [-0.2, 0) is 57.1 Å². The Morgan fingerprint density at radius 2 is 1.25 bits per heavy atom. The minimum absolute atomic E-state index is 0.000819. The minimum atomic E-state index is -1.28. The van der Waals surface area contributed by atoms with Gasteiger partial charge in [-0.05, 0) is 0 Å². The Hall–Kier alpha value is -2.81. The third kappa shape index (κ3) is 10.8. The largest absolute Gasteiger partial charge is 0.469 e. The number of esters is 5. The standard InChI is InChI=1S/C22H36N2O12/c1-13(25)33-19-16(12-24(9-6-17(28)30-4)10-7-18(29)31-5)36-22(32-11-8-23)21(35-15(3)27)20(19)34-14(2)26/h16,19-22H,6-12,23H2,1-5H3/t16-,19-,20+,21-,22-/m1/s1. The zero-order valence-electron chi connectivity index (χ0n) is 21.3. The lowest BCUT2D eigenvalue weighted by Gasteiger charge is -2.45. The maximum atomic E-state index is 12.0. The molecule has 0 unspecified atom stereocenters. The van der Waals surface area contributed by atoms with E-state index < -0.39 is 60.6 Å². The van der Waals surface area contributed by atoms with Crippen LogP contribution in [0.25, 0.3) is 0 Å². The maximum Gasteiger partial charge on any atom is 0.306 e. The van der Waals surface area contributed by atoms with Gasteiger partial charge in [0.05, 0.1) is 33.7 Å². The summed E-state index contributed by atoms with van der Waals surface area (Å²) in [6, 6.07) is 0. The van der Waals surface area contributed by atoms with Gasteiger partial charge in [-0.1, -0.05) is 0 Å². The van der Waals surface area contributed by atoms with Crippen molar-refractivity contribution >= 4 is 29.8 Å². The van der Waals surface area contributed by atoms with Crippen molar-refractivity contribution in [3.8, 4) is 0 Å². The molecule has 0 aromatic carbocycles. The third-order valence-electron chi connectivity index (χ3n) is 5.06. The molecule has 0 aromatic rings. The van der Waals surface area contributed by atoms with E-state index in [0.29, 0.717) is 0 Å². The molecule has 0 radical (unpaired) electrons. The van der Waals surface area contributed by atoms with Gasteiger partial charge in [-0.25, -0.2) is 0 Å². The summed E-state index contributed by atoms with van der Waals surface area (Å²) in [5, 5.41) is 0. The summed E-state index contributed by atoms with van der Waals surface area (Å²) in [4.78, 5) is 60.8. The van der Waals surface area contributed by atoms with E-state index in [2.05, 4.69) is 9.47 Å². The molecule has 0 bridgehead atoms. The number of carbonyl (C=O) groups excluding carboxylic acids is 5. The molecule has 0 amide bonds. The second-order valence-electron chi connectivity index (χ2n) is 7.88. The smallest absolute Gasteiger partial charge is 0.306 e. The highest BCUT2D eigenvalue weighted by molar-refractivity contribution is 5.70. The van der Waals surface area contributed by atoms with E-state index in [-0.39, 0.29) is 45.6 Å². The molecule has 1 rings (SSSR count). The van der Waals surface area contributed by atoms with Crippen LogP contribution in [0.4, 0.5) is 0 Å². The fraction of sp³-hybridized carbons (Fsp3) is 0.773. The van der Waals surface area contributed by atoms with Gasteiger partial charge in [0.15, 0.2) is 24.6 Å². The van der Waals surface area contributed by atoms with Crippen LogP contribution < -0.4 is 5.73 Å². The number of nitrogens with zero attached hydrogens (tertiary/aromatic N) is 1. The SMILES string of the molecule is COC(=O)CCN(CCC(=O)OC)C[C@H]1O[C@@H](OCCN)[C@H](OC(C)=O)[C@@H](OC(C)=O)[C@@H]1OC(C)=O. The Morgan fingerprint density at radius 3 is 1.69 bits per heavy atom. The lowest BCUT2D eigenvalue weighted by Crippen LogP contribution is -2.64. The molecular formula is C22H36N2O12. The van der Waals surface area contributed by atoms with Gasteiger partial charge in [0.2, 0.25) is 0 Å². The Bertz CT molecular complexity index is 741. The van der Waals surface area contributed by atoms with Gasteiger partial charge in [-0.2, -0.15) is 0 Å². The minimum Gasteiger partial charge on any atom is -0.469 e. The van der Waals surface area contributed by atoms with Gasteiger partial charge < -0.3 is 38.9 Å². The molecule has 2 N–H and O–H groups in total. The summed E-state index contributed by atoms with van der Waals surface area (Å²) in [6.07, 6.45) is -5.97. The quantitative estimate of drug-likeness (QED) is 0.216. The first-order valence-corrected chi connectivity index (χ1v) is 11.4. The average molecular weight is 521 g/mol. The maximum absolute atomic E-state index is 12.0. The Kier molecular flexibility index (Phi) is 13.9. The highest BCUT2D eigenvalue weighted by Gasteiger charge is 2.52. The molecule has 0 aliphatic carbocycles. The predicted octanol–water partition coefficient (Wildman–Crippen LogP) is -1.09. The van der Waals surface area contributed by atoms with Crippen LogP contribution in [0, 0.1) is 0 Å². The van der Waals surface area contributed by atoms with E-state index in [9.17, 15) is 24.0 Å². The highest BCUT2D eigenvalue weighted by Crippen LogP contribution is 2.30. The summed E-state index contributed by atoms with van der Waals surface area (Å²) in [7, 11) is 2.50. The van der Waals surface area contributed by atoms with Crippen LogP contribution in [0.1, 0.15) is 33.6 Å². The van der Waals surface area contributed by atoms with E-state index in [1.54, 1.807) is 4.90 Å². The molecule has 0 saturated carbocycles. The van der Waals surface area contributed by atoms with E-state index in [0.717, 1.165) is 20.8 Å². The zero-order chi connectivity index (χ0) is 27.3. The molecule has 1 heterocycles. The number of rotatable bonds is 14. The summed E-state index contributed by atoms with van der Waals surface area (Å²) in [5.74, 6) is -3.09. The summed E-state index contributed by atoms with van der Waals surface area (Å²) >= 11 is 0. The lowest BCUT2D eigenvalue weighted by atomic mass is 9.97. The fourth-order valence-electron chi connectivity index (χ4n) is 3.57. The number of carbonyl (C=O) groups is 5. The molecule has 1 saturated heterocycles. The first kappa shape index (κ1) is 31.2. The topological polar surface area (TPSA) is 179 Å². The first-order valence-electron chi connectivity index (χ1n) is 11.4. The molecule has 0 aromatic heterocycles. The molecule has 206 valence electrons. The molecule has 14 nitrogen and oxygen atoms in total. The van der Waals surface area contributed by atoms with Crippen molar-refractivity contribution in [2.24, 2.45) is 5.73 Å². The van der Waals surface area contributed by atoms with Crippen molar-refractivity contribution in [2.75, 3.05) is 47.0 Å². The molecular weight excluding hydrogens is 484 g/mol. The second-order valence-corrected chi connectivity index (χ2v) is 7.88. The van der Waals surface area contributed by atoms with Gasteiger partial charge in [-0.3, -0.25) is 28.9 Å². The number of hydrogen-bond acceptors (Lipinski definition) is 14. The fourth-order valence-corrected chi connectivity index (χ4v) is 3.57. The van der Waals surface area contributed by atoms with Crippen LogP contribution in [0.5, 0.6) is 0 Å². The van der Waals surface area contributed by atoms with E-state index >= 15 is 0 Å². The Labute approximate surface area is 209 Å². The van der Waals surface area contributed by atoms with Crippen molar-refractivity contribution in [3.63, 3.8) is 0 Å². The molecule has 1 aliphatic rings. The van der Waals surface area contributed by atoms with Crippen LogP contribution in [0.2, 0.25) is 0 Å². The number of nitrogens with two attached hydrogens (primary N) is 1. The van der Waals surface area contributed by atoms with Crippen molar-refractivity contribution < 1.29 is 57.1 Å². The van der Waals surface area contributed by atoms with Crippen molar-refractivity contribution in [1.82, 2.24) is 4.90 Å². The lowest BCUT2D eigenvalue weighted by molar-refractivity contribution is -0.304. The van der Waals surface area contributed by atoms with Crippen molar-refractivity contribution in [3.05, 3.63) is 0 Å². The van der Waals surface area contributed by atoms with Gasteiger partial charge in [0.25, 0.3) is 0 Å². The summed E-state index contributed by atoms with van der Waals surface area (Å²) in [5.41, 5.74) is 5.54. The third-order valence-corrected chi connectivity index (χ3v) is 5.06. The van der Waals surface area contributed by atoms with Crippen LogP contribution in [-0.4, -0.2) is 112 Å². The first-order chi connectivity index (χ1) is 17.0. The van der Waals surface area contributed by atoms with Crippen LogP contribution >= 0.6 is 0 Å². The normalized spacial score (nSPS) is 23.5. The molecule has 0 spiro atoms. The van der Waals surface area contributed by atoms with Crippen molar-refractivity contribution in [1.29, 1.82) is 0 Å². The number of ether oxygens (including phenoxy) is 7. The molecule has 36 heavy (non-hydrogen) atoms. The Morgan fingerprint density at radius 1 is 0.778 bits per heavy atom. The van der Waals surface area contributed by atoms with Crippen LogP contribution in [0.15, 0.2) is 0 Å². The highest BCUT2D eigenvalue weighted by atomic mass is 16.7. The average Bonchev–Trinajstić information content (AvgIpc) is 2.81. The van der Waals surface area contributed by atoms with Crippen molar-refractivity contribution in [2.45, 2.75) is 64.3 Å². The molecule has 5 atom stereocenters.